The van der Waals surface area contributed by atoms with E-state index in [1.54, 1.807) is 0 Å². The van der Waals surface area contributed by atoms with Gasteiger partial charge in [-0.25, -0.2) is 8.78 Å². The number of nitrogens with zero attached hydrogens (tertiary/aromatic N) is 2. The molecule has 18 heavy (non-hydrogen) atoms. The molecule has 1 heterocycles. The number of aliphatic hydroxyl groups excluding tert-OH is 1. The van der Waals surface area contributed by atoms with Gasteiger partial charge in [0.1, 0.15) is 11.3 Å². The summed E-state index contributed by atoms with van der Waals surface area (Å²) in [6.45, 7) is -1.12. The zero-order valence-corrected chi connectivity index (χ0v) is 8.41. The van der Waals surface area contributed by atoms with E-state index in [-0.39, 0.29) is 6.20 Å². The molecule has 5 nitrogen and oxygen atoms in total. The van der Waals surface area contributed by atoms with Gasteiger partial charge in [0, 0.05) is 6.20 Å². The largest absolute Gasteiger partial charge is 0.418 e. The number of hydrogen-bond donors (Lipinski definition) is 1. The molecule has 0 unspecified atom stereocenters. The van der Waals surface area contributed by atoms with E-state index in [2.05, 4.69) is 4.98 Å². The SMILES string of the molecule is O=[N+]([O-])c1c(CO)ncc(C(F)(F)F)c1C(F)F. The van der Waals surface area contributed by atoms with Gasteiger partial charge in [0.05, 0.1) is 17.1 Å². The van der Waals surface area contributed by atoms with Crippen molar-refractivity contribution < 1.29 is 32.0 Å². The van der Waals surface area contributed by atoms with Gasteiger partial charge in [-0.1, -0.05) is 0 Å². The second-order valence-corrected chi connectivity index (χ2v) is 3.09. The number of pyridine rings is 1. The number of aromatic nitrogens is 1. The van der Waals surface area contributed by atoms with Crippen LogP contribution in [0.2, 0.25) is 0 Å². The standard InChI is InChI=1S/C8H5F5N2O3/c9-7(10)5-3(8(11,12)13)1-14-4(2-16)6(5)15(17)18/h1,7,16H,2H2. The Kier molecular flexibility index (Phi) is 3.79. The van der Waals surface area contributed by atoms with E-state index in [1.165, 1.54) is 0 Å². The van der Waals surface area contributed by atoms with Crippen LogP contribution in [0, 0.1) is 10.1 Å². The number of hydrogen-bond acceptors (Lipinski definition) is 4. The average molecular weight is 272 g/mol. The Morgan fingerprint density at radius 2 is 2.00 bits per heavy atom. The second kappa shape index (κ2) is 4.80. The zero-order chi connectivity index (χ0) is 14.1. The predicted molar refractivity (Wildman–Crippen MR) is 46.8 cm³/mol. The van der Waals surface area contributed by atoms with Crippen molar-refractivity contribution in [3.05, 3.63) is 33.1 Å². The third kappa shape index (κ3) is 2.53. The highest BCUT2D eigenvalue weighted by atomic mass is 19.4. The lowest BCUT2D eigenvalue weighted by molar-refractivity contribution is -0.387. The molecule has 1 aromatic rings. The molecule has 0 aliphatic rings. The van der Waals surface area contributed by atoms with Gasteiger partial charge in [-0.2, -0.15) is 13.2 Å². The maximum atomic E-state index is 12.6. The van der Waals surface area contributed by atoms with Gasteiger partial charge in [-0.3, -0.25) is 15.1 Å². The lowest BCUT2D eigenvalue weighted by atomic mass is 10.1. The van der Waals surface area contributed by atoms with Crippen molar-refractivity contribution >= 4 is 5.69 Å². The van der Waals surface area contributed by atoms with Crippen LogP contribution in [0.25, 0.3) is 0 Å². The van der Waals surface area contributed by atoms with E-state index in [9.17, 15) is 32.1 Å². The molecule has 10 heteroatoms. The zero-order valence-electron chi connectivity index (χ0n) is 8.41. The number of nitro groups is 1. The molecule has 0 amide bonds. The Labute approximate surface area is 96.0 Å². The summed E-state index contributed by atoms with van der Waals surface area (Å²) in [5.74, 6) is 0. The van der Waals surface area contributed by atoms with Crippen LogP contribution in [0.3, 0.4) is 0 Å². The summed E-state index contributed by atoms with van der Waals surface area (Å²) in [5.41, 5.74) is -6.03. The predicted octanol–water partition coefficient (Wildman–Crippen LogP) is 2.44. The third-order valence-electron chi connectivity index (χ3n) is 2.02. The normalized spacial score (nSPS) is 11.9. The number of halogens is 5. The molecule has 0 aromatic carbocycles. The maximum absolute atomic E-state index is 12.6. The summed E-state index contributed by atoms with van der Waals surface area (Å²) in [7, 11) is 0. The second-order valence-electron chi connectivity index (χ2n) is 3.09. The van der Waals surface area contributed by atoms with E-state index >= 15 is 0 Å². The van der Waals surface area contributed by atoms with Crippen molar-refractivity contribution in [1.29, 1.82) is 0 Å². The van der Waals surface area contributed by atoms with Gasteiger partial charge in [-0.15, -0.1) is 0 Å². The summed E-state index contributed by atoms with van der Waals surface area (Å²) in [5, 5.41) is 19.2. The van der Waals surface area contributed by atoms with Gasteiger partial charge in [0.2, 0.25) is 0 Å². The van der Waals surface area contributed by atoms with Crippen LogP contribution in [0.15, 0.2) is 6.20 Å². The first-order valence-corrected chi connectivity index (χ1v) is 4.32. The lowest BCUT2D eigenvalue weighted by Gasteiger charge is -2.13. The van der Waals surface area contributed by atoms with Crippen LogP contribution in [0.1, 0.15) is 23.2 Å². The molecule has 0 fully saturated rings. The molecular weight excluding hydrogens is 267 g/mol. The molecule has 100 valence electrons. The van der Waals surface area contributed by atoms with Crippen molar-refractivity contribution in [2.75, 3.05) is 0 Å². The first-order valence-electron chi connectivity index (χ1n) is 4.32. The monoisotopic (exact) mass is 272 g/mol. The first-order chi connectivity index (χ1) is 8.20. The maximum Gasteiger partial charge on any atom is 0.418 e. The molecule has 0 bridgehead atoms. The number of alkyl halides is 5. The Bertz CT molecular complexity index is 475. The summed E-state index contributed by atoms with van der Waals surface area (Å²) >= 11 is 0. The van der Waals surface area contributed by atoms with Crippen LogP contribution >= 0.6 is 0 Å². The minimum atomic E-state index is -5.20. The molecule has 1 N–H and O–H groups in total. The van der Waals surface area contributed by atoms with Crippen molar-refractivity contribution in [1.82, 2.24) is 4.98 Å². The molecule has 0 aliphatic carbocycles. The van der Waals surface area contributed by atoms with Crippen molar-refractivity contribution in [2.24, 2.45) is 0 Å². The van der Waals surface area contributed by atoms with Crippen LogP contribution in [0.5, 0.6) is 0 Å². The molecule has 0 radical (unpaired) electrons. The molecule has 0 atom stereocenters. The minimum Gasteiger partial charge on any atom is -0.390 e. The fourth-order valence-electron chi connectivity index (χ4n) is 1.32. The van der Waals surface area contributed by atoms with Gasteiger partial charge < -0.3 is 5.11 Å². The number of rotatable bonds is 3. The Balaban J connectivity index is 3.68. The van der Waals surface area contributed by atoms with Crippen molar-refractivity contribution in [3.63, 3.8) is 0 Å². The van der Waals surface area contributed by atoms with Gasteiger partial charge in [-0.05, 0) is 0 Å². The minimum absolute atomic E-state index is 0.0417. The Morgan fingerprint density at radius 3 is 2.33 bits per heavy atom. The Morgan fingerprint density at radius 1 is 1.44 bits per heavy atom. The number of aliphatic hydroxyl groups is 1. The fourth-order valence-corrected chi connectivity index (χ4v) is 1.32. The highest BCUT2D eigenvalue weighted by Gasteiger charge is 2.41. The summed E-state index contributed by atoms with van der Waals surface area (Å²) < 4.78 is 62.5. The summed E-state index contributed by atoms with van der Waals surface area (Å²) in [6.07, 6.45) is -8.87. The topological polar surface area (TPSA) is 76.3 Å². The van der Waals surface area contributed by atoms with E-state index in [0.29, 0.717) is 0 Å². The third-order valence-corrected chi connectivity index (χ3v) is 2.02. The molecule has 1 rings (SSSR count). The summed E-state index contributed by atoms with van der Waals surface area (Å²) in [4.78, 5) is 12.1. The van der Waals surface area contributed by atoms with E-state index in [1.807, 2.05) is 0 Å². The van der Waals surface area contributed by atoms with Crippen LogP contribution in [-0.4, -0.2) is 15.0 Å². The van der Waals surface area contributed by atoms with Crippen molar-refractivity contribution in [3.8, 4) is 0 Å². The Hall–Kier alpha value is -1.84. The highest BCUT2D eigenvalue weighted by Crippen LogP contribution is 2.41. The molecule has 0 spiro atoms. The molecule has 0 aliphatic heterocycles. The van der Waals surface area contributed by atoms with E-state index in [0.717, 1.165) is 0 Å². The summed E-state index contributed by atoms with van der Waals surface area (Å²) in [6, 6.07) is 0. The molecular formula is C8H5F5N2O3. The molecule has 0 saturated carbocycles. The highest BCUT2D eigenvalue weighted by molar-refractivity contribution is 5.49. The first kappa shape index (κ1) is 14.2. The fraction of sp³-hybridized carbons (Fsp3) is 0.375. The lowest BCUT2D eigenvalue weighted by Crippen LogP contribution is -2.14. The smallest absolute Gasteiger partial charge is 0.390 e. The van der Waals surface area contributed by atoms with Gasteiger partial charge in [0.25, 0.3) is 6.43 Å². The van der Waals surface area contributed by atoms with Crippen LogP contribution in [-0.2, 0) is 12.8 Å². The average Bonchev–Trinajstić information content (AvgIpc) is 2.25. The van der Waals surface area contributed by atoms with E-state index < -0.39 is 46.6 Å². The van der Waals surface area contributed by atoms with Crippen LogP contribution < -0.4 is 0 Å². The van der Waals surface area contributed by atoms with Gasteiger partial charge >= 0.3 is 11.9 Å². The molecule has 1 aromatic heterocycles. The quantitative estimate of drug-likeness (QED) is 0.521. The van der Waals surface area contributed by atoms with E-state index in [4.69, 9.17) is 5.11 Å². The van der Waals surface area contributed by atoms with Gasteiger partial charge in [0.15, 0.2) is 0 Å². The van der Waals surface area contributed by atoms with Crippen LogP contribution in [0.4, 0.5) is 27.6 Å². The molecule has 0 saturated heterocycles. The van der Waals surface area contributed by atoms with Crippen molar-refractivity contribution in [2.45, 2.75) is 19.2 Å².